The Balaban J connectivity index is 1.26. The normalized spacial score (nSPS) is 12.0. The Morgan fingerprint density at radius 3 is 2.55 bits per heavy atom. The highest BCUT2D eigenvalue weighted by molar-refractivity contribution is 6.30. The molecule has 0 bridgehead atoms. The lowest BCUT2D eigenvalue weighted by molar-refractivity contribution is 0.0798. The first-order valence-electron chi connectivity index (χ1n) is 14.4. The first kappa shape index (κ1) is 29.3. The molecule has 1 amide bonds. The van der Waals surface area contributed by atoms with Crippen molar-refractivity contribution < 1.29 is 14.3 Å². The maximum absolute atomic E-state index is 13.0. The van der Waals surface area contributed by atoms with Crippen molar-refractivity contribution >= 4 is 40.4 Å². The van der Waals surface area contributed by atoms with Crippen LogP contribution in [0.3, 0.4) is 0 Å². The first-order chi connectivity index (χ1) is 21.2. The second kappa shape index (κ2) is 12.4. The minimum absolute atomic E-state index is 0.102. The van der Waals surface area contributed by atoms with Crippen molar-refractivity contribution in [2.75, 3.05) is 44.2 Å². The minimum atomic E-state index is -0.102. The van der Waals surface area contributed by atoms with Crippen molar-refractivity contribution in [3.05, 3.63) is 99.8 Å². The molecule has 0 atom stereocenters. The van der Waals surface area contributed by atoms with E-state index < -0.39 is 0 Å². The van der Waals surface area contributed by atoms with Crippen molar-refractivity contribution in [2.45, 2.75) is 26.9 Å². The zero-order valence-corrected chi connectivity index (χ0v) is 25.9. The molecular weight excluding hydrogens is 578 g/mol. The van der Waals surface area contributed by atoms with Gasteiger partial charge in [0.2, 0.25) is 12.7 Å². The molecule has 10 nitrogen and oxygen atoms in total. The number of aryl methyl sites for hydroxylation is 2. The van der Waals surface area contributed by atoms with E-state index in [-0.39, 0.29) is 12.7 Å². The van der Waals surface area contributed by atoms with Crippen molar-refractivity contribution in [3.63, 3.8) is 0 Å². The number of aromatic nitrogens is 4. The summed E-state index contributed by atoms with van der Waals surface area (Å²) in [5.41, 5.74) is 6.56. The standard InChI is InChI=1S/C33H34ClN7O3/c1-21-12-22(2)14-24(13-21)18-41-19-36-29-30(35-17-23-8-9-27-28(15-23)44-20-43-27)37-33(38-31(29)41)40(4)11-10-39(3)32(42)25-6-5-7-26(34)16-25/h5-9,12-16,19H,10-11,17-18,20H2,1-4H3,(H,35,37,38). The highest BCUT2D eigenvalue weighted by Gasteiger charge is 2.19. The third-order valence-electron chi connectivity index (χ3n) is 7.51. The first-order valence-corrected chi connectivity index (χ1v) is 14.8. The van der Waals surface area contributed by atoms with Crippen LogP contribution in [0.15, 0.2) is 67.0 Å². The summed E-state index contributed by atoms with van der Waals surface area (Å²) in [5.74, 6) is 2.51. The molecule has 3 aromatic carbocycles. The molecule has 1 N–H and O–H groups in total. The summed E-state index contributed by atoms with van der Waals surface area (Å²) in [4.78, 5) is 31.1. The molecule has 1 aliphatic heterocycles. The largest absolute Gasteiger partial charge is 0.454 e. The van der Waals surface area contributed by atoms with Gasteiger partial charge in [-0.05, 0) is 55.3 Å². The van der Waals surface area contributed by atoms with Gasteiger partial charge in [0, 0.05) is 44.3 Å². The number of hydrogen-bond acceptors (Lipinski definition) is 8. The van der Waals surface area contributed by atoms with Crippen LogP contribution in [0.2, 0.25) is 5.02 Å². The molecule has 0 spiro atoms. The number of halogens is 1. The van der Waals surface area contributed by atoms with Crippen LogP contribution >= 0.6 is 11.6 Å². The number of carbonyl (C=O) groups is 1. The lowest BCUT2D eigenvalue weighted by Gasteiger charge is -2.23. The summed E-state index contributed by atoms with van der Waals surface area (Å²) in [6.45, 7) is 6.54. The summed E-state index contributed by atoms with van der Waals surface area (Å²) in [6, 6.07) is 19.4. The van der Waals surface area contributed by atoms with Crippen molar-refractivity contribution in [2.24, 2.45) is 0 Å². The number of fused-ring (bicyclic) bond motifs is 2. The summed E-state index contributed by atoms with van der Waals surface area (Å²) in [6.07, 6.45) is 1.81. The third kappa shape index (κ3) is 6.40. The van der Waals surface area contributed by atoms with Crippen LogP contribution in [0.5, 0.6) is 11.5 Å². The molecule has 0 unspecified atom stereocenters. The van der Waals surface area contributed by atoms with Crippen LogP contribution in [-0.4, -0.2) is 64.3 Å². The Morgan fingerprint density at radius 2 is 1.75 bits per heavy atom. The maximum atomic E-state index is 13.0. The number of ether oxygens (including phenoxy) is 2. The molecule has 3 heterocycles. The molecule has 6 rings (SSSR count). The molecular formula is C33H34ClN7O3. The third-order valence-corrected chi connectivity index (χ3v) is 7.75. The monoisotopic (exact) mass is 611 g/mol. The fraction of sp³-hybridized carbons (Fsp3) is 0.273. The molecule has 0 fully saturated rings. The molecule has 44 heavy (non-hydrogen) atoms. The Morgan fingerprint density at radius 1 is 0.955 bits per heavy atom. The van der Waals surface area contributed by atoms with E-state index in [1.807, 2.05) is 41.0 Å². The number of anilines is 2. The zero-order valence-electron chi connectivity index (χ0n) is 25.2. The highest BCUT2D eigenvalue weighted by Crippen LogP contribution is 2.33. The highest BCUT2D eigenvalue weighted by atomic mass is 35.5. The molecule has 0 aliphatic carbocycles. The average Bonchev–Trinajstić information content (AvgIpc) is 3.64. The van der Waals surface area contributed by atoms with Gasteiger partial charge in [-0.1, -0.05) is 53.1 Å². The van der Waals surface area contributed by atoms with Gasteiger partial charge < -0.3 is 29.2 Å². The fourth-order valence-corrected chi connectivity index (χ4v) is 5.47. The van der Waals surface area contributed by atoms with Crippen LogP contribution in [0.4, 0.5) is 11.8 Å². The van der Waals surface area contributed by atoms with Crippen LogP contribution < -0.4 is 19.7 Å². The molecule has 5 aromatic rings. The second-order valence-corrected chi connectivity index (χ2v) is 11.5. The van der Waals surface area contributed by atoms with E-state index in [2.05, 4.69) is 37.4 Å². The van der Waals surface area contributed by atoms with Gasteiger partial charge in [0.1, 0.15) is 0 Å². The van der Waals surface area contributed by atoms with Crippen LogP contribution in [0.25, 0.3) is 11.2 Å². The predicted molar refractivity (Wildman–Crippen MR) is 172 cm³/mol. The Labute approximate surface area is 261 Å². The van der Waals surface area contributed by atoms with E-state index in [1.165, 1.54) is 16.7 Å². The molecule has 0 saturated carbocycles. The molecule has 0 saturated heterocycles. The predicted octanol–water partition coefficient (Wildman–Crippen LogP) is 5.69. The van der Waals surface area contributed by atoms with Gasteiger partial charge in [0.15, 0.2) is 28.5 Å². The number of benzene rings is 3. The fourth-order valence-electron chi connectivity index (χ4n) is 5.28. The van der Waals surface area contributed by atoms with Crippen molar-refractivity contribution in [1.82, 2.24) is 24.4 Å². The van der Waals surface area contributed by atoms with Crippen LogP contribution in [0.1, 0.15) is 32.6 Å². The maximum Gasteiger partial charge on any atom is 0.253 e. The number of rotatable bonds is 10. The van der Waals surface area contributed by atoms with Gasteiger partial charge in [0.05, 0.1) is 12.9 Å². The van der Waals surface area contributed by atoms with Gasteiger partial charge in [-0.2, -0.15) is 9.97 Å². The van der Waals surface area contributed by atoms with Gasteiger partial charge in [-0.25, -0.2) is 4.98 Å². The molecule has 2 aromatic heterocycles. The minimum Gasteiger partial charge on any atom is -0.454 e. The smallest absolute Gasteiger partial charge is 0.253 e. The molecule has 1 aliphatic rings. The number of hydrogen-bond donors (Lipinski definition) is 1. The van der Waals surface area contributed by atoms with Crippen LogP contribution in [-0.2, 0) is 13.1 Å². The second-order valence-electron chi connectivity index (χ2n) is 11.1. The van der Waals surface area contributed by atoms with E-state index in [4.69, 9.17) is 36.0 Å². The average molecular weight is 612 g/mol. The quantitative estimate of drug-likeness (QED) is 0.215. The molecule has 226 valence electrons. The van der Waals surface area contributed by atoms with Gasteiger partial charge in [-0.15, -0.1) is 0 Å². The Bertz CT molecular complexity index is 1820. The van der Waals surface area contributed by atoms with E-state index in [0.717, 1.165) is 22.7 Å². The molecule has 11 heteroatoms. The number of carbonyl (C=O) groups excluding carboxylic acids is 1. The topological polar surface area (TPSA) is 97.6 Å². The van der Waals surface area contributed by atoms with E-state index in [0.29, 0.717) is 54.0 Å². The van der Waals surface area contributed by atoms with Crippen molar-refractivity contribution in [1.29, 1.82) is 0 Å². The zero-order chi connectivity index (χ0) is 30.8. The molecule has 0 radical (unpaired) electrons. The SMILES string of the molecule is Cc1cc(C)cc(Cn2cnc3c(NCc4ccc5c(c4)OCO5)nc(N(C)CCN(C)C(=O)c4cccc(Cl)c4)nc32)c1. The van der Waals surface area contributed by atoms with Gasteiger partial charge in [-0.3, -0.25) is 4.79 Å². The number of likely N-dealkylation sites (N-methyl/N-ethyl adjacent to an activating group) is 2. The van der Waals surface area contributed by atoms with E-state index >= 15 is 0 Å². The summed E-state index contributed by atoms with van der Waals surface area (Å²) in [5, 5.41) is 4.00. The number of nitrogens with one attached hydrogen (secondary N) is 1. The summed E-state index contributed by atoms with van der Waals surface area (Å²) >= 11 is 6.10. The van der Waals surface area contributed by atoms with Crippen molar-refractivity contribution in [3.8, 4) is 11.5 Å². The van der Waals surface area contributed by atoms with Crippen LogP contribution in [0, 0.1) is 13.8 Å². The lowest BCUT2D eigenvalue weighted by Crippen LogP contribution is -2.35. The number of amides is 1. The van der Waals surface area contributed by atoms with Gasteiger partial charge >= 0.3 is 0 Å². The van der Waals surface area contributed by atoms with E-state index in [9.17, 15) is 4.79 Å². The Hall–Kier alpha value is -4.83. The van der Waals surface area contributed by atoms with E-state index in [1.54, 1.807) is 36.2 Å². The summed E-state index contributed by atoms with van der Waals surface area (Å²) in [7, 11) is 3.70. The summed E-state index contributed by atoms with van der Waals surface area (Å²) < 4.78 is 13.1. The Kier molecular flexibility index (Phi) is 8.25. The number of imidazole rings is 1. The number of nitrogens with zero attached hydrogens (tertiary/aromatic N) is 6. The van der Waals surface area contributed by atoms with Gasteiger partial charge in [0.25, 0.3) is 5.91 Å². The lowest BCUT2D eigenvalue weighted by atomic mass is 10.1.